The first-order chi connectivity index (χ1) is 17.1. The minimum atomic E-state index is -1.62. The number of benzene rings is 1. The lowest BCUT2D eigenvalue weighted by Crippen LogP contribution is -2.57. The summed E-state index contributed by atoms with van der Waals surface area (Å²) in [7, 11) is 0. The maximum atomic E-state index is 16.2. The fourth-order valence-electron chi connectivity index (χ4n) is 5.37. The van der Waals surface area contributed by atoms with E-state index in [9.17, 15) is 14.4 Å². The molecule has 10 nitrogen and oxygen atoms in total. The first-order valence-electron chi connectivity index (χ1n) is 11.6. The molecule has 1 saturated carbocycles. The number of fused-ring (bicyclic) bond motifs is 1. The van der Waals surface area contributed by atoms with Crippen molar-refractivity contribution in [2.75, 3.05) is 18.0 Å². The van der Waals surface area contributed by atoms with Crippen LogP contribution in [0.4, 0.5) is 14.9 Å². The van der Waals surface area contributed by atoms with Gasteiger partial charge in [0.25, 0.3) is 0 Å². The van der Waals surface area contributed by atoms with E-state index in [2.05, 4.69) is 9.64 Å². The molecule has 2 unspecified atom stereocenters. The monoisotopic (exact) mass is 521 g/mol. The van der Waals surface area contributed by atoms with Crippen LogP contribution in [0.15, 0.2) is 36.9 Å². The molecule has 3 aromatic rings. The summed E-state index contributed by atoms with van der Waals surface area (Å²) >= 11 is 6.55. The predicted molar refractivity (Wildman–Crippen MR) is 129 cm³/mol. The van der Waals surface area contributed by atoms with Crippen molar-refractivity contribution >= 4 is 34.3 Å². The quantitative estimate of drug-likeness (QED) is 0.487. The van der Waals surface area contributed by atoms with Gasteiger partial charge in [-0.15, -0.1) is 0 Å². The van der Waals surface area contributed by atoms with Crippen LogP contribution in [0.3, 0.4) is 0 Å². The highest BCUT2D eigenvalue weighted by Crippen LogP contribution is 2.42. The number of halogens is 2. The molecule has 192 valence electrons. The van der Waals surface area contributed by atoms with Crippen LogP contribution in [0, 0.1) is 5.82 Å². The number of anilines is 1. The second kappa shape index (κ2) is 8.97. The van der Waals surface area contributed by atoms with E-state index in [1.54, 1.807) is 4.57 Å². The Hall–Kier alpha value is -3.31. The first-order valence-corrected chi connectivity index (χ1v) is 12.0. The second-order valence-corrected chi connectivity index (χ2v) is 9.87. The zero-order valence-corrected chi connectivity index (χ0v) is 20.6. The smallest absolute Gasteiger partial charge is 0.449 e. The summed E-state index contributed by atoms with van der Waals surface area (Å²) in [4.78, 5) is 39.4. The van der Waals surface area contributed by atoms with E-state index >= 15 is 4.39 Å². The molecule has 12 heteroatoms. The molecular weight excluding hydrogens is 497 g/mol. The Labute approximate surface area is 209 Å². The van der Waals surface area contributed by atoms with Gasteiger partial charge >= 0.3 is 12.0 Å². The Morgan fingerprint density at radius 1 is 1.25 bits per heavy atom. The lowest BCUT2D eigenvalue weighted by molar-refractivity contribution is 0.0743. The van der Waals surface area contributed by atoms with E-state index in [4.69, 9.17) is 25.5 Å². The van der Waals surface area contributed by atoms with Gasteiger partial charge in [0.05, 0.1) is 33.9 Å². The van der Waals surface area contributed by atoms with E-state index in [-0.39, 0.29) is 51.5 Å². The number of carbonyl (C=O) groups is 1. The predicted octanol–water partition coefficient (Wildman–Crippen LogP) is 4.39. The summed E-state index contributed by atoms with van der Waals surface area (Å²) in [5, 5.41) is 9.03. The summed E-state index contributed by atoms with van der Waals surface area (Å²) in [5.41, 5.74) is -0.472. The number of carboxylic acid groups (broad SMARTS) is 1. The number of hydrogen-bond acceptors (Lipinski definition) is 8. The molecule has 36 heavy (non-hydrogen) atoms. The molecule has 3 atom stereocenters. The molecule has 5 rings (SSSR count). The van der Waals surface area contributed by atoms with Crippen molar-refractivity contribution in [1.82, 2.24) is 9.47 Å². The van der Waals surface area contributed by atoms with Crippen LogP contribution >= 0.6 is 11.6 Å². The summed E-state index contributed by atoms with van der Waals surface area (Å²) in [6.07, 6.45) is 2.49. The number of rotatable bonds is 5. The Balaban J connectivity index is 1.55. The van der Waals surface area contributed by atoms with Gasteiger partial charge in [0.15, 0.2) is 17.3 Å². The molecule has 0 spiro atoms. The molecule has 0 bridgehead atoms. The van der Waals surface area contributed by atoms with Crippen LogP contribution in [0.5, 0.6) is 5.75 Å². The number of nitrogens with zero attached hydrogens (tertiary/aromatic N) is 3. The van der Waals surface area contributed by atoms with Crippen molar-refractivity contribution in [1.29, 1.82) is 0 Å². The van der Waals surface area contributed by atoms with Crippen LogP contribution in [-0.2, 0) is 0 Å². The van der Waals surface area contributed by atoms with Crippen molar-refractivity contribution < 1.29 is 27.9 Å². The lowest BCUT2D eigenvalue weighted by Gasteiger charge is -2.47. The topological polar surface area (TPSA) is 118 Å². The van der Waals surface area contributed by atoms with E-state index in [0.29, 0.717) is 18.8 Å². The number of piperazine rings is 1. The van der Waals surface area contributed by atoms with Gasteiger partial charge in [0.2, 0.25) is 5.43 Å². The van der Waals surface area contributed by atoms with Gasteiger partial charge in [-0.25, -0.2) is 14.0 Å². The SMILES string of the molecule is CC1CN(c2c(Cl)cc3c(=O)c(OC(=O)O)cn(C4CC4)c3c2F)CC(C)N1[C@@H](C)c1coc(=O)o1. The van der Waals surface area contributed by atoms with Crippen molar-refractivity contribution in [3.05, 3.63) is 56.0 Å². The molecule has 2 fully saturated rings. The summed E-state index contributed by atoms with van der Waals surface area (Å²) in [5.74, 6) is -1.37. The summed E-state index contributed by atoms with van der Waals surface area (Å²) < 4.78 is 32.4. The van der Waals surface area contributed by atoms with E-state index in [1.807, 2.05) is 25.7 Å². The first kappa shape index (κ1) is 24.4. The van der Waals surface area contributed by atoms with Gasteiger partial charge in [-0.05, 0) is 39.7 Å². The zero-order chi connectivity index (χ0) is 25.9. The number of aromatic nitrogens is 1. The van der Waals surface area contributed by atoms with Crippen LogP contribution in [0.2, 0.25) is 5.02 Å². The average molecular weight is 522 g/mol. The minimum Gasteiger partial charge on any atom is -0.449 e. The largest absolute Gasteiger partial charge is 0.518 e. The van der Waals surface area contributed by atoms with Gasteiger partial charge < -0.3 is 28.1 Å². The molecule has 2 aliphatic rings. The van der Waals surface area contributed by atoms with Crippen molar-refractivity contribution in [3.63, 3.8) is 0 Å². The van der Waals surface area contributed by atoms with Gasteiger partial charge in [-0.1, -0.05) is 11.6 Å². The number of pyridine rings is 1. The number of hydrogen-bond donors (Lipinski definition) is 1. The van der Waals surface area contributed by atoms with Crippen molar-refractivity contribution in [3.8, 4) is 5.75 Å². The van der Waals surface area contributed by atoms with Gasteiger partial charge in [-0.2, -0.15) is 0 Å². The van der Waals surface area contributed by atoms with Gasteiger partial charge in [-0.3, -0.25) is 9.69 Å². The third-order valence-corrected chi connectivity index (χ3v) is 7.21. The molecule has 0 amide bonds. The number of ether oxygens (including phenoxy) is 1. The zero-order valence-electron chi connectivity index (χ0n) is 19.9. The molecule has 0 radical (unpaired) electrons. The molecule has 1 aromatic carbocycles. The van der Waals surface area contributed by atoms with Crippen LogP contribution in [0.25, 0.3) is 10.9 Å². The van der Waals surface area contributed by atoms with Crippen LogP contribution in [-0.4, -0.2) is 45.9 Å². The Morgan fingerprint density at radius 3 is 2.47 bits per heavy atom. The summed E-state index contributed by atoms with van der Waals surface area (Å²) in [6, 6.07) is 0.927. The van der Waals surface area contributed by atoms with Gasteiger partial charge in [0, 0.05) is 31.2 Å². The highest BCUT2D eigenvalue weighted by atomic mass is 35.5. The Kier molecular flexibility index (Phi) is 6.08. The third kappa shape index (κ3) is 4.16. The fraction of sp³-hybridized carbons (Fsp3) is 0.458. The van der Waals surface area contributed by atoms with Crippen LogP contribution in [0.1, 0.15) is 51.5 Å². The molecule has 3 heterocycles. The van der Waals surface area contributed by atoms with Crippen molar-refractivity contribution in [2.24, 2.45) is 0 Å². The molecular formula is C24H25ClFN3O7. The van der Waals surface area contributed by atoms with E-state index < -0.39 is 23.2 Å². The minimum absolute atomic E-state index is 0.0322. The average Bonchev–Trinajstić information content (AvgIpc) is 3.55. The molecule has 1 aliphatic heterocycles. The maximum Gasteiger partial charge on any atom is 0.518 e. The molecule has 2 aromatic heterocycles. The summed E-state index contributed by atoms with van der Waals surface area (Å²) in [6.45, 7) is 6.73. The second-order valence-electron chi connectivity index (χ2n) is 9.46. The Bertz CT molecular complexity index is 1450. The maximum absolute atomic E-state index is 16.2. The Morgan fingerprint density at radius 2 is 1.92 bits per heavy atom. The van der Waals surface area contributed by atoms with Crippen molar-refractivity contribution in [2.45, 2.75) is 57.8 Å². The van der Waals surface area contributed by atoms with E-state index in [0.717, 1.165) is 12.8 Å². The van der Waals surface area contributed by atoms with Crippen LogP contribution < -0.4 is 20.9 Å². The molecule has 1 aliphatic carbocycles. The standard InChI is InChI=1S/C24H25ClFN3O7/c1-11-7-27(8-12(2)29(11)13(3)18-10-34-24(33)36-18)21-16(25)6-15-20(19(21)26)28(14-4-5-14)9-17(22(15)30)35-23(31)32/h6,9-14H,4-5,7-8H2,1-3H3,(H,31,32)/t11?,12?,13-/m0/s1. The highest BCUT2D eigenvalue weighted by molar-refractivity contribution is 6.34. The van der Waals surface area contributed by atoms with E-state index in [1.165, 1.54) is 18.5 Å². The molecule has 1 N–H and O–H groups in total. The highest BCUT2D eigenvalue weighted by Gasteiger charge is 2.37. The molecule has 1 saturated heterocycles. The lowest BCUT2D eigenvalue weighted by atomic mass is 10.0. The normalized spacial score (nSPS) is 21.6. The fourth-order valence-corrected chi connectivity index (χ4v) is 5.68. The van der Waals surface area contributed by atoms with Gasteiger partial charge in [0.1, 0.15) is 6.26 Å². The third-order valence-electron chi connectivity index (χ3n) is 6.92.